The summed E-state index contributed by atoms with van der Waals surface area (Å²) in [6.45, 7) is 5.50. The summed E-state index contributed by atoms with van der Waals surface area (Å²) in [5, 5.41) is 4.23. The molecular weight excluding hydrogens is 140 g/mol. The van der Waals surface area contributed by atoms with Gasteiger partial charge < -0.3 is 5.73 Å². The second kappa shape index (κ2) is 3.48. The summed E-state index contributed by atoms with van der Waals surface area (Å²) in [5.41, 5.74) is 5.36. The van der Waals surface area contributed by atoms with Crippen LogP contribution in [0.15, 0.2) is 6.33 Å². The van der Waals surface area contributed by atoms with Crippen LogP contribution in [0.1, 0.15) is 25.6 Å². The molecule has 0 saturated carbocycles. The van der Waals surface area contributed by atoms with Gasteiger partial charge in [-0.05, 0) is 0 Å². The molecule has 4 heteroatoms. The van der Waals surface area contributed by atoms with E-state index in [2.05, 4.69) is 23.9 Å². The normalized spacial score (nSPS) is 10.9. The Morgan fingerprint density at radius 1 is 1.64 bits per heavy atom. The average molecular weight is 154 g/mol. The Hall–Kier alpha value is -0.900. The van der Waals surface area contributed by atoms with Gasteiger partial charge in [-0.2, -0.15) is 5.10 Å². The van der Waals surface area contributed by atoms with Crippen LogP contribution >= 0.6 is 0 Å². The van der Waals surface area contributed by atoms with Gasteiger partial charge >= 0.3 is 0 Å². The third-order valence-electron chi connectivity index (χ3n) is 1.43. The van der Waals surface area contributed by atoms with E-state index in [1.807, 2.05) is 0 Å². The molecule has 1 rings (SSSR count). The zero-order valence-corrected chi connectivity index (χ0v) is 6.99. The molecule has 0 fully saturated rings. The summed E-state index contributed by atoms with van der Waals surface area (Å²) in [5.74, 6) is 1.28. The SMILES string of the molecule is CC(C)c1ncn(CCN)n1. The van der Waals surface area contributed by atoms with E-state index in [0.717, 1.165) is 12.4 Å². The summed E-state index contributed by atoms with van der Waals surface area (Å²) in [4.78, 5) is 4.13. The predicted molar refractivity (Wildman–Crippen MR) is 43.2 cm³/mol. The number of hydrogen-bond donors (Lipinski definition) is 1. The van der Waals surface area contributed by atoms with Gasteiger partial charge in [-0.15, -0.1) is 0 Å². The summed E-state index contributed by atoms with van der Waals surface area (Å²) in [6.07, 6.45) is 1.72. The lowest BCUT2D eigenvalue weighted by Gasteiger charge is -1.96. The topological polar surface area (TPSA) is 56.7 Å². The Morgan fingerprint density at radius 3 is 2.82 bits per heavy atom. The zero-order chi connectivity index (χ0) is 8.27. The van der Waals surface area contributed by atoms with Crippen LogP contribution in [0.25, 0.3) is 0 Å². The summed E-state index contributed by atoms with van der Waals surface area (Å²) in [6, 6.07) is 0. The molecule has 0 radical (unpaired) electrons. The molecule has 4 nitrogen and oxygen atoms in total. The van der Waals surface area contributed by atoms with Crippen LogP contribution in [0.3, 0.4) is 0 Å². The van der Waals surface area contributed by atoms with E-state index in [9.17, 15) is 0 Å². The summed E-state index contributed by atoms with van der Waals surface area (Å²) >= 11 is 0. The summed E-state index contributed by atoms with van der Waals surface area (Å²) in [7, 11) is 0. The molecular formula is C7H14N4. The molecule has 0 amide bonds. The lowest BCUT2D eigenvalue weighted by molar-refractivity contribution is 0.607. The molecule has 1 aromatic rings. The molecule has 1 heterocycles. The standard InChI is InChI=1S/C7H14N4/c1-6(2)7-9-5-11(10-7)4-3-8/h5-6H,3-4,8H2,1-2H3. The van der Waals surface area contributed by atoms with E-state index in [1.54, 1.807) is 11.0 Å². The highest BCUT2D eigenvalue weighted by Crippen LogP contribution is 2.06. The molecule has 0 aliphatic rings. The van der Waals surface area contributed by atoms with Crippen molar-refractivity contribution in [1.82, 2.24) is 14.8 Å². The van der Waals surface area contributed by atoms with Crippen LogP contribution in [0.2, 0.25) is 0 Å². The highest BCUT2D eigenvalue weighted by molar-refractivity contribution is 4.88. The van der Waals surface area contributed by atoms with Crippen LogP contribution in [0.4, 0.5) is 0 Å². The average Bonchev–Trinajstić information content (AvgIpc) is 2.37. The molecule has 0 aromatic carbocycles. The Labute approximate surface area is 66.4 Å². The van der Waals surface area contributed by atoms with Gasteiger partial charge in [0, 0.05) is 12.5 Å². The molecule has 0 spiro atoms. The maximum atomic E-state index is 5.36. The highest BCUT2D eigenvalue weighted by Gasteiger charge is 2.03. The van der Waals surface area contributed by atoms with Gasteiger partial charge in [0.05, 0.1) is 6.54 Å². The molecule has 2 N–H and O–H groups in total. The highest BCUT2D eigenvalue weighted by atomic mass is 15.3. The Balaban J connectivity index is 2.66. The van der Waals surface area contributed by atoms with Crippen molar-refractivity contribution in [1.29, 1.82) is 0 Å². The first-order chi connectivity index (χ1) is 5.24. The van der Waals surface area contributed by atoms with Crippen LogP contribution < -0.4 is 5.73 Å². The van der Waals surface area contributed by atoms with E-state index in [-0.39, 0.29) is 0 Å². The Bertz CT molecular complexity index is 216. The smallest absolute Gasteiger partial charge is 0.153 e. The van der Waals surface area contributed by atoms with Gasteiger partial charge in [-0.25, -0.2) is 4.98 Å². The lowest BCUT2D eigenvalue weighted by Crippen LogP contribution is -2.10. The van der Waals surface area contributed by atoms with Gasteiger partial charge in [-0.3, -0.25) is 4.68 Å². The molecule has 0 aliphatic heterocycles. The number of aromatic nitrogens is 3. The third kappa shape index (κ3) is 2.01. The molecule has 62 valence electrons. The number of nitrogens with two attached hydrogens (primary N) is 1. The van der Waals surface area contributed by atoms with Gasteiger partial charge in [0.15, 0.2) is 5.82 Å². The minimum atomic E-state index is 0.397. The van der Waals surface area contributed by atoms with Crippen molar-refractivity contribution in [2.75, 3.05) is 6.54 Å². The molecule has 0 atom stereocenters. The number of nitrogens with zero attached hydrogens (tertiary/aromatic N) is 3. The molecule has 0 aliphatic carbocycles. The Morgan fingerprint density at radius 2 is 2.36 bits per heavy atom. The van der Waals surface area contributed by atoms with Crippen molar-refractivity contribution >= 4 is 0 Å². The van der Waals surface area contributed by atoms with Gasteiger partial charge in [0.25, 0.3) is 0 Å². The molecule has 11 heavy (non-hydrogen) atoms. The van der Waals surface area contributed by atoms with Gasteiger partial charge in [-0.1, -0.05) is 13.8 Å². The van der Waals surface area contributed by atoms with Crippen LogP contribution in [0, 0.1) is 0 Å². The minimum absolute atomic E-state index is 0.397. The number of hydrogen-bond acceptors (Lipinski definition) is 3. The fraction of sp³-hybridized carbons (Fsp3) is 0.714. The van der Waals surface area contributed by atoms with E-state index in [0.29, 0.717) is 12.5 Å². The van der Waals surface area contributed by atoms with Gasteiger partial charge in [0.1, 0.15) is 6.33 Å². The van der Waals surface area contributed by atoms with Crippen molar-refractivity contribution in [2.24, 2.45) is 5.73 Å². The number of rotatable bonds is 3. The van der Waals surface area contributed by atoms with Gasteiger partial charge in [0.2, 0.25) is 0 Å². The zero-order valence-electron chi connectivity index (χ0n) is 6.99. The van der Waals surface area contributed by atoms with E-state index >= 15 is 0 Å². The fourth-order valence-electron chi connectivity index (χ4n) is 0.814. The lowest BCUT2D eigenvalue weighted by atomic mass is 10.2. The van der Waals surface area contributed by atoms with Crippen LogP contribution in [-0.4, -0.2) is 21.3 Å². The molecule has 0 unspecified atom stereocenters. The predicted octanol–water partition coefficient (Wildman–Crippen LogP) is 0.360. The second-order valence-corrected chi connectivity index (χ2v) is 2.81. The first kappa shape index (κ1) is 8.20. The van der Waals surface area contributed by atoms with Crippen molar-refractivity contribution < 1.29 is 0 Å². The maximum Gasteiger partial charge on any atom is 0.153 e. The molecule has 0 bridgehead atoms. The van der Waals surface area contributed by atoms with E-state index < -0.39 is 0 Å². The third-order valence-corrected chi connectivity index (χ3v) is 1.43. The fourth-order valence-corrected chi connectivity index (χ4v) is 0.814. The first-order valence-corrected chi connectivity index (χ1v) is 3.83. The summed E-state index contributed by atoms with van der Waals surface area (Å²) < 4.78 is 1.77. The largest absolute Gasteiger partial charge is 0.329 e. The second-order valence-electron chi connectivity index (χ2n) is 2.81. The van der Waals surface area contributed by atoms with Crippen molar-refractivity contribution in [3.8, 4) is 0 Å². The van der Waals surface area contributed by atoms with Crippen molar-refractivity contribution in [3.05, 3.63) is 12.2 Å². The van der Waals surface area contributed by atoms with Crippen LogP contribution in [0.5, 0.6) is 0 Å². The quantitative estimate of drug-likeness (QED) is 0.684. The molecule has 0 saturated heterocycles. The van der Waals surface area contributed by atoms with E-state index in [1.165, 1.54) is 0 Å². The van der Waals surface area contributed by atoms with E-state index in [4.69, 9.17) is 5.73 Å². The Kier molecular flexibility index (Phi) is 2.59. The van der Waals surface area contributed by atoms with Crippen molar-refractivity contribution in [3.63, 3.8) is 0 Å². The monoisotopic (exact) mass is 154 g/mol. The van der Waals surface area contributed by atoms with Crippen LogP contribution in [-0.2, 0) is 6.54 Å². The van der Waals surface area contributed by atoms with Crippen molar-refractivity contribution in [2.45, 2.75) is 26.3 Å². The minimum Gasteiger partial charge on any atom is -0.329 e. The maximum absolute atomic E-state index is 5.36. The molecule has 1 aromatic heterocycles. The first-order valence-electron chi connectivity index (χ1n) is 3.83.